The monoisotopic (exact) mass is 404 g/mol. The minimum atomic E-state index is 1.23. The molecule has 0 fully saturated rings. The van der Waals surface area contributed by atoms with Crippen LogP contribution in [0, 0.1) is 27.7 Å². The lowest BCUT2D eigenvalue weighted by Crippen LogP contribution is -2.36. The van der Waals surface area contributed by atoms with Crippen LogP contribution in [0.15, 0.2) is 79.0 Å². The molecule has 0 aliphatic rings. The lowest BCUT2D eigenvalue weighted by Gasteiger charge is -2.13. The summed E-state index contributed by atoms with van der Waals surface area (Å²) < 4.78 is 4.68. The molecule has 0 unspecified atom stereocenters. The van der Waals surface area contributed by atoms with Gasteiger partial charge in [-0.2, -0.15) is 9.13 Å². The predicted molar refractivity (Wildman–Crippen MR) is 129 cm³/mol. The number of rotatable bonds is 2. The van der Waals surface area contributed by atoms with Gasteiger partial charge in [0.2, 0.25) is 16.9 Å². The van der Waals surface area contributed by atoms with E-state index in [9.17, 15) is 0 Å². The number of benzene rings is 3. The van der Waals surface area contributed by atoms with Gasteiger partial charge in [-0.15, -0.1) is 0 Å². The molecule has 5 rings (SSSR count). The Morgan fingerprint density at radius 2 is 1.35 bits per heavy atom. The van der Waals surface area contributed by atoms with Gasteiger partial charge in [-0.25, -0.2) is 0 Å². The zero-order valence-electron chi connectivity index (χ0n) is 18.9. The average molecular weight is 405 g/mol. The Balaban J connectivity index is 1.80. The molecule has 0 aliphatic carbocycles. The third-order valence-corrected chi connectivity index (χ3v) is 6.43. The van der Waals surface area contributed by atoms with Crippen LogP contribution in [0.3, 0.4) is 0 Å². The van der Waals surface area contributed by atoms with Crippen molar-refractivity contribution in [3.8, 4) is 16.9 Å². The molecule has 0 saturated carbocycles. The van der Waals surface area contributed by atoms with E-state index in [2.05, 4.69) is 123 Å². The largest absolute Gasteiger partial charge is 0.216 e. The Hall–Kier alpha value is -3.52. The van der Waals surface area contributed by atoms with Crippen molar-refractivity contribution in [1.29, 1.82) is 0 Å². The highest BCUT2D eigenvalue weighted by atomic mass is 15.0. The van der Waals surface area contributed by atoms with Crippen LogP contribution in [-0.2, 0) is 7.05 Å². The predicted octanol–water partition coefficient (Wildman–Crippen LogP) is 5.99. The first-order valence-corrected chi connectivity index (χ1v) is 10.9. The fourth-order valence-electron chi connectivity index (χ4n) is 4.89. The van der Waals surface area contributed by atoms with E-state index in [1.54, 1.807) is 0 Å². The summed E-state index contributed by atoms with van der Waals surface area (Å²) in [5.41, 5.74) is 10.2. The number of para-hydroxylation sites is 1. The number of pyridine rings is 2. The van der Waals surface area contributed by atoms with Gasteiger partial charge in [-0.05, 0) is 56.0 Å². The molecular formula is C29H28N2+2. The van der Waals surface area contributed by atoms with Crippen LogP contribution >= 0.6 is 0 Å². The van der Waals surface area contributed by atoms with E-state index in [1.165, 1.54) is 61.0 Å². The van der Waals surface area contributed by atoms with Crippen molar-refractivity contribution in [1.82, 2.24) is 0 Å². The van der Waals surface area contributed by atoms with E-state index in [-0.39, 0.29) is 0 Å². The fourth-order valence-corrected chi connectivity index (χ4v) is 4.89. The van der Waals surface area contributed by atoms with Gasteiger partial charge in [0.25, 0.3) is 0 Å². The van der Waals surface area contributed by atoms with Crippen LogP contribution in [0.1, 0.15) is 22.4 Å². The van der Waals surface area contributed by atoms with E-state index < -0.39 is 0 Å². The Labute approximate surface area is 184 Å². The second-order valence-corrected chi connectivity index (χ2v) is 8.66. The normalized spacial score (nSPS) is 11.4. The van der Waals surface area contributed by atoms with Crippen LogP contribution in [0.2, 0.25) is 0 Å². The molecule has 0 bridgehead atoms. The van der Waals surface area contributed by atoms with Gasteiger partial charge in [-0.1, -0.05) is 30.3 Å². The van der Waals surface area contributed by atoms with Crippen LogP contribution in [0.5, 0.6) is 0 Å². The first-order chi connectivity index (χ1) is 14.9. The molecule has 0 N–H and O–H groups in total. The van der Waals surface area contributed by atoms with Gasteiger partial charge >= 0.3 is 0 Å². The maximum absolute atomic E-state index is 2.34. The quantitative estimate of drug-likeness (QED) is 0.319. The molecule has 0 radical (unpaired) electrons. The number of nitrogens with zero attached hydrogens (tertiary/aromatic N) is 2. The summed E-state index contributed by atoms with van der Waals surface area (Å²) >= 11 is 0. The van der Waals surface area contributed by atoms with E-state index in [0.29, 0.717) is 0 Å². The minimum Gasteiger partial charge on any atom is -0.194 e. The SMILES string of the molecule is Cc1cc(-c2c(C)cc3ccccc3[n+]2C)c(C)c(-[n+]2cc3ccccc3cc2C)c1. The van der Waals surface area contributed by atoms with E-state index in [0.717, 1.165) is 0 Å². The lowest BCUT2D eigenvalue weighted by molar-refractivity contribution is -0.634. The Morgan fingerprint density at radius 1 is 0.677 bits per heavy atom. The Morgan fingerprint density at radius 3 is 2.13 bits per heavy atom. The standard InChI is InChI=1S/C29H28N2/c1-19-14-26(29-20(2)16-24-11-8-9-13-27(24)30(29)5)22(4)28(15-19)31-18-25-12-7-6-10-23(25)17-21(31)3/h6-18H,1-5H3/q+2. The summed E-state index contributed by atoms with van der Waals surface area (Å²) in [5, 5.41) is 3.80. The van der Waals surface area contributed by atoms with Crippen LogP contribution in [0.4, 0.5) is 0 Å². The van der Waals surface area contributed by atoms with Crippen LogP contribution < -0.4 is 9.13 Å². The second kappa shape index (κ2) is 7.31. The molecule has 2 heterocycles. The second-order valence-electron chi connectivity index (χ2n) is 8.66. The number of aryl methyl sites for hydroxylation is 4. The zero-order chi connectivity index (χ0) is 21.7. The Kier molecular flexibility index (Phi) is 4.59. The average Bonchev–Trinajstić information content (AvgIpc) is 2.75. The summed E-state index contributed by atoms with van der Waals surface area (Å²) in [4.78, 5) is 0. The van der Waals surface area contributed by atoms with Crippen molar-refractivity contribution >= 4 is 21.7 Å². The fraction of sp³-hybridized carbons (Fsp3) is 0.172. The molecule has 152 valence electrons. The highest BCUT2D eigenvalue weighted by Gasteiger charge is 2.25. The maximum atomic E-state index is 2.34. The van der Waals surface area contributed by atoms with E-state index in [1.807, 2.05) is 0 Å². The Bertz CT molecular complexity index is 1480. The molecule has 3 aromatic carbocycles. The van der Waals surface area contributed by atoms with Gasteiger partial charge < -0.3 is 0 Å². The molecular weight excluding hydrogens is 376 g/mol. The third kappa shape index (κ3) is 3.19. The third-order valence-electron chi connectivity index (χ3n) is 6.43. The summed E-state index contributed by atoms with van der Waals surface area (Å²) in [6.07, 6.45) is 2.27. The molecule has 2 heteroatoms. The number of hydrogen-bond acceptors (Lipinski definition) is 0. The molecule has 31 heavy (non-hydrogen) atoms. The van der Waals surface area contributed by atoms with Crippen molar-refractivity contribution in [2.75, 3.05) is 0 Å². The minimum absolute atomic E-state index is 1.23. The topological polar surface area (TPSA) is 7.76 Å². The molecule has 2 aromatic heterocycles. The van der Waals surface area contributed by atoms with Crippen molar-refractivity contribution < 1.29 is 9.13 Å². The van der Waals surface area contributed by atoms with Crippen LogP contribution in [0.25, 0.3) is 38.6 Å². The molecule has 0 saturated heterocycles. The molecule has 0 atom stereocenters. The first kappa shape index (κ1) is 19.4. The number of aromatic nitrogens is 2. The number of hydrogen-bond donors (Lipinski definition) is 0. The van der Waals surface area contributed by atoms with Gasteiger partial charge in [-0.3, -0.25) is 0 Å². The molecule has 0 amide bonds. The van der Waals surface area contributed by atoms with Crippen molar-refractivity contribution in [3.63, 3.8) is 0 Å². The molecule has 0 spiro atoms. The summed E-state index contributed by atoms with van der Waals surface area (Å²) in [7, 11) is 2.18. The number of fused-ring (bicyclic) bond motifs is 2. The highest BCUT2D eigenvalue weighted by Crippen LogP contribution is 2.30. The van der Waals surface area contributed by atoms with Gasteiger partial charge in [0.15, 0.2) is 11.9 Å². The van der Waals surface area contributed by atoms with E-state index in [4.69, 9.17) is 0 Å². The maximum Gasteiger partial charge on any atom is 0.216 e. The summed E-state index contributed by atoms with van der Waals surface area (Å²) in [5.74, 6) is 0. The van der Waals surface area contributed by atoms with Gasteiger partial charge in [0.05, 0.1) is 5.56 Å². The lowest BCUT2D eigenvalue weighted by atomic mass is 9.96. The first-order valence-electron chi connectivity index (χ1n) is 10.9. The van der Waals surface area contributed by atoms with Crippen molar-refractivity contribution in [2.24, 2.45) is 7.05 Å². The smallest absolute Gasteiger partial charge is 0.194 e. The van der Waals surface area contributed by atoms with Gasteiger partial charge in [0.1, 0.15) is 7.05 Å². The molecule has 5 aromatic rings. The van der Waals surface area contributed by atoms with Gasteiger partial charge in [0, 0.05) is 47.0 Å². The molecule has 2 nitrogen and oxygen atoms in total. The van der Waals surface area contributed by atoms with Crippen molar-refractivity contribution in [2.45, 2.75) is 27.7 Å². The van der Waals surface area contributed by atoms with E-state index >= 15 is 0 Å². The highest BCUT2D eigenvalue weighted by molar-refractivity contribution is 5.82. The van der Waals surface area contributed by atoms with Crippen molar-refractivity contribution in [3.05, 3.63) is 101 Å². The van der Waals surface area contributed by atoms with Crippen LogP contribution in [-0.4, -0.2) is 0 Å². The zero-order valence-corrected chi connectivity index (χ0v) is 18.9. The summed E-state index contributed by atoms with van der Waals surface area (Å²) in [6, 6.07) is 26.4. The summed E-state index contributed by atoms with van der Waals surface area (Å²) in [6.45, 7) is 8.85. The molecule has 0 aliphatic heterocycles.